The SMILES string of the molecule is CN=C(NCCCc1nnc2ccccn12)NCCc1ccccc1F. The van der Waals surface area contributed by atoms with E-state index in [4.69, 9.17) is 0 Å². The minimum Gasteiger partial charge on any atom is -0.356 e. The first kappa shape index (κ1) is 17.8. The molecule has 0 aliphatic carbocycles. The van der Waals surface area contributed by atoms with E-state index < -0.39 is 0 Å². The molecule has 26 heavy (non-hydrogen) atoms. The summed E-state index contributed by atoms with van der Waals surface area (Å²) in [7, 11) is 1.73. The molecule has 0 aliphatic heterocycles. The van der Waals surface area contributed by atoms with E-state index in [9.17, 15) is 4.39 Å². The van der Waals surface area contributed by atoms with Gasteiger partial charge in [-0.05, 0) is 36.6 Å². The van der Waals surface area contributed by atoms with E-state index in [2.05, 4.69) is 25.8 Å². The van der Waals surface area contributed by atoms with Crippen LogP contribution in [0.1, 0.15) is 17.8 Å². The van der Waals surface area contributed by atoms with E-state index in [1.165, 1.54) is 6.07 Å². The van der Waals surface area contributed by atoms with Crippen molar-refractivity contribution in [2.75, 3.05) is 20.1 Å². The number of hydrogen-bond acceptors (Lipinski definition) is 3. The second kappa shape index (κ2) is 8.94. The van der Waals surface area contributed by atoms with Crippen molar-refractivity contribution >= 4 is 11.6 Å². The summed E-state index contributed by atoms with van der Waals surface area (Å²) >= 11 is 0. The largest absolute Gasteiger partial charge is 0.356 e. The van der Waals surface area contributed by atoms with Gasteiger partial charge in [-0.25, -0.2) is 4.39 Å². The Hall–Kier alpha value is -2.96. The highest BCUT2D eigenvalue weighted by atomic mass is 19.1. The average Bonchev–Trinajstić information content (AvgIpc) is 3.08. The predicted molar refractivity (Wildman–Crippen MR) is 101 cm³/mol. The highest BCUT2D eigenvalue weighted by Crippen LogP contribution is 2.06. The van der Waals surface area contributed by atoms with E-state index in [0.29, 0.717) is 24.5 Å². The van der Waals surface area contributed by atoms with Crippen molar-refractivity contribution in [1.29, 1.82) is 0 Å². The number of hydrogen-bond donors (Lipinski definition) is 2. The Morgan fingerprint density at radius 1 is 1.04 bits per heavy atom. The number of nitrogens with one attached hydrogen (secondary N) is 2. The normalized spacial score (nSPS) is 11.7. The van der Waals surface area contributed by atoms with E-state index in [1.807, 2.05) is 34.9 Å². The van der Waals surface area contributed by atoms with E-state index in [-0.39, 0.29) is 5.82 Å². The number of guanidine groups is 1. The van der Waals surface area contributed by atoms with Gasteiger partial charge in [-0.3, -0.25) is 9.39 Å². The van der Waals surface area contributed by atoms with Crippen LogP contribution in [0.4, 0.5) is 4.39 Å². The summed E-state index contributed by atoms with van der Waals surface area (Å²) in [5.41, 5.74) is 1.57. The summed E-state index contributed by atoms with van der Waals surface area (Å²) in [5.74, 6) is 1.50. The van der Waals surface area contributed by atoms with Gasteiger partial charge in [-0.1, -0.05) is 24.3 Å². The van der Waals surface area contributed by atoms with Gasteiger partial charge in [-0.15, -0.1) is 10.2 Å². The predicted octanol–water partition coefficient (Wildman–Crippen LogP) is 2.21. The smallest absolute Gasteiger partial charge is 0.190 e. The monoisotopic (exact) mass is 354 g/mol. The van der Waals surface area contributed by atoms with Crippen molar-refractivity contribution < 1.29 is 4.39 Å². The zero-order valence-corrected chi connectivity index (χ0v) is 14.8. The number of fused-ring (bicyclic) bond motifs is 1. The van der Waals surface area contributed by atoms with Crippen molar-refractivity contribution in [1.82, 2.24) is 25.2 Å². The maximum Gasteiger partial charge on any atom is 0.190 e. The fourth-order valence-electron chi connectivity index (χ4n) is 2.75. The first-order valence-electron chi connectivity index (χ1n) is 8.74. The van der Waals surface area contributed by atoms with Gasteiger partial charge in [0, 0.05) is 32.8 Å². The summed E-state index contributed by atoms with van der Waals surface area (Å²) in [6, 6.07) is 12.7. The molecule has 0 fully saturated rings. The van der Waals surface area contributed by atoms with E-state index >= 15 is 0 Å². The third-order valence-electron chi connectivity index (χ3n) is 4.12. The molecule has 0 atom stereocenters. The lowest BCUT2D eigenvalue weighted by Crippen LogP contribution is -2.38. The van der Waals surface area contributed by atoms with Gasteiger partial charge in [0.25, 0.3) is 0 Å². The number of aliphatic imine (C=N–C) groups is 1. The minimum atomic E-state index is -0.169. The number of aromatic nitrogens is 3. The number of aryl methyl sites for hydroxylation is 1. The number of pyridine rings is 1. The first-order valence-corrected chi connectivity index (χ1v) is 8.74. The lowest BCUT2D eigenvalue weighted by atomic mass is 10.1. The summed E-state index contributed by atoms with van der Waals surface area (Å²) in [6.07, 6.45) is 4.31. The zero-order valence-electron chi connectivity index (χ0n) is 14.8. The quantitative estimate of drug-likeness (QED) is 0.388. The topological polar surface area (TPSA) is 66.6 Å². The summed E-state index contributed by atoms with van der Waals surface area (Å²) in [5, 5.41) is 14.9. The number of rotatable bonds is 7. The van der Waals surface area contributed by atoms with Gasteiger partial charge in [-0.2, -0.15) is 0 Å². The maximum atomic E-state index is 13.6. The first-order chi connectivity index (χ1) is 12.8. The standard InChI is InChI=1S/C19H23FN6/c1-21-19(23-13-11-15-7-2-3-8-16(15)20)22-12-6-10-18-25-24-17-9-4-5-14-26(17)18/h2-5,7-9,14H,6,10-13H2,1H3,(H2,21,22,23). The maximum absolute atomic E-state index is 13.6. The van der Waals surface area contributed by atoms with Crippen LogP contribution in [0.3, 0.4) is 0 Å². The van der Waals surface area contributed by atoms with Crippen molar-refractivity contribution in [3.63, 3.8) is 0 Å². The van der Waals surface area contributed by atoms with Crippen LogP contribution in [0, 0.1) is 5.82 Å². The molecule has 0 bridgehead atoms. The molecule has 2 heterocycles. The Morgan fingerprint density at radius 3 is 2.69 bits per heavy atom. The van der Waals surface area contributed by atoms with Gasteiger partial charge in [0.15, 0.2) is 11.6 Å². The minimum absolute atomic E-state index is 0.169. The highest BCUT2D eigenvalue weighted by Gasteiger charge is 2.05. The molecule has 6 nitrogen and oxygen atoms in total. The second-order valence-electron chi connectivity index (χ2n) is 5.92. The highest BCUT2D eigenvalue weighted by molar-refractivity contribution is 5.79. The number of benzene rings is 1. The van der Waals surface area contributed by atoms with Gasteiger partial charge in [0.2, 0.25) is 0 Å². The Balaban J connectivity index is 1.40. The average molecular weight is 354 g/mol. The molecule has 3 aromatic rings. The second-order valence-corrected chi connectivity index (χ2v) is 5.92. The molecule has 0 saturated carbocycles. The molecular weight excluding hydrogens is 331 g/mol. The summed E-state index contributed by atoms with van der Waals surface area (Å²) in [6.45, 7) is 1.39. The third-order valence-corrected chi connectivity index (χ3v) is 4.12. The molecular formula is C19H23FN6. The molecule has 0 amide bonds. The Bertz CT molecular complexity index is 873. The van der Waals surface area contributed by atoms with Crippen molar-refractivity contribution in [2.45, 2.75) is 19.3 Å². The molecule has 2 aromatic heterocycles. The van der Waals surface area contributed by atoms with Crippen LogP contribution in [-0.4, -0.2) is 40.7 Å². The molecule has 0 aliphatic rings. The van der Waals surface area contributed by atoms with Gasteiger partial charge in [0.05, 0.1) is 0 Å². The van der Waals surface area contributed by atoms with Crippen LogP contribution in [0.5, 0.6) is 0 Å². The van der Waals surface area contributed by atoms with Crippen LogP contribution in [0.25, 0.3) is 5.65 Å². The Kier molecular flexibility index (Phi) is 6.14. The van der Waals surface area contributed by atoms with Crippen LogP contribution in [-0.2, 0) is 12.8 Å². The molecule has 0 radical (unpaired) electrons. The third kappa shape index (κ3) is 4.56. The fraction of sp³-hybridized carbons (Fsp3) is 0.316. The van der Waals surface area contributed by atoms with Gasteiger partial charge in [0.1, 0.15) is 11.6 Å². The van der Waals surface area contributed by atoms with E-state index in [1.54, 1.807) is 19.2 Å². The number of halogens is 1. The van der Waals surface area contributed by atoms with E-state index in [0.717, 1.165) is 30.9 Å². The van der Waals surface area contributed by atoms with Gasteiger partial charge >= 0.3 is 0 Å². The van der Waals surface area contributed by atoms with Crippen LogP contribution in [0.15, 0.2) is 53.7 Å². The van der Waals surface area contributed by atoms with Crippen molar-refractivity contribution in [3.8, 4) is 0 Å². The molecule has 1 aromatic carbocycles. The molecule has 0 unspecified atom stereocenters. The zero-order chi connectivity index (χ0) is 18.2. The van der Waals surface area contributed by atoms with Crippen LogP contribution in [0.2, 0.25) is 0 Å². The summed E-state index contributed by atoms with van der Waals surface area (Å²) in [4.78, 5) is 4.19. The molecule has 0 saturated heterocycles. The van der Waals surface area contributed by atoms with Crippen molar-refractivity contribution in [3.05, 3.63) is 65.9 Å². The molecule has 136 valence electrons. The summed E-state index contributed by atoms with van der Waals surface area (Å²) < 4.78 is 15.6. The van der Waals surface area contributed by atoms with Gasteiger partial charge < -0.3 is 10.6 Å². The molecule has 7 heteroatoms. The fourth-order valence-corrected chi connectivity index (χ4v) is 2.75. The molecule has 2 N–H and O–H groups in total. The lowest BCUT2D eigenvalue weighted by Gasteiger charge is -2.12. The van der Waals surface area contributed by atoms with Crippen molar-refractivity contribution in [2.24, 2.45) is 4.99 Å². The molecule has 0 spiro atoms. The lowest BCUT2D eigenvalue weighted by molar-refractivity contribution is 0.606. The Morgan fingerprint density at radius 2 is 1.85 bits per heavy atom. The van der Waals surface area contributed by atoms with Crippen LogP contribution < -0.4 is 10.6 Å². The molecule has 3 rings (SSSR count). The number of nitrogens with zero attached hydrogens (tertiary/aromatic N) is 4. The van der Waals surface area contributed by atoms with Crippen LogP contribution >= 0.6 is 0 Å². The Labute approximate surface area is 152 Å².